The van der Waals surface area contributed by atoms with Crippen LogP contribution in [0.4, 0.5) is 5.69 Å². The fourth-order valence-corrected chi connectivity index (χ4v) is 4.84. The minimum Gasteiger partial charge on any atom is -0.334 e. The van der Waals surface area contributed by atoms with Crippen LogP contribution in [0.25, 0.3) is 0 Å². The van der Waals surface area contributed by atoms with Gasteiger partial charge < -0.3 is 4.90 Å². The number of benzene rings is 3. The first-order chi connectivity index (χ1) is 14.3. The maximum Gasteiger partial charge on any atom is 0.261 e. The highest BCUT2D eigenvalue weighted by Crippen LogP contribution is 2.24. The molecule has 1 N–H and O–H groups in total. The summed E-state index contributed by atoms with van der Waals surface area (Å²) in [6.07, 6.45) is 0.833. The Bertz CT molecular complexity index is 1210. The van der Waals surface area contributed by atoms with Gasteiger partial charge in [-0.3, -0.25) is 9.52 Å². The number of anilines is 1. The van der Waals surface area contributed by atoms with Gasteiger partial charge in [0, 0.05) is 23.7 Å². The van der Waals surface area contributed by atoms with Crippen LogP contribution in [0.1, 0.15) is 27.0 Å². The van der Waals surface area contributed by atoms with Gasteiger partial charge in [-0.25, -0.2) is 8.42 Å². The van der Waals surface area contributed by atoms with E-state index in [-0.39, 0.29) is 10.8 Å². The third-order valence-electron chi connectivity index (χ3n) is 5.26. The molecule has 3 aromatic carbocycles. The van der Waals surface area contributed by atoms with Crippen molar-refractivity contribution in [3.8, 4) is 0 Å². The Labute approximate surface area is 181 Å². The number of nitrogens with one attached hydrogen (secondary N) is 1. The Morgan fingerprint density at radius 1 is 1.00 bits per heavy atom. The fourth-order valence-electron chi connectivity index (χ4n) is 3.58. The molecule has 5 nitrogen and oxygen atoms in total. The molecule has 0 aliphatic carbocycles. The van der Waals surface area contributed by atoms with Crippen LogP contribution in [0.3, 0.4) is 0 Å². The third kappa shape index (κ3) is 4.20. The van der Waals surface area contributed by atoms with Gasteiger partial charge in [-0.15, -0.1) is 0 Å². The first-order valence-corrected chi connectivity index (χ1v) is 11.4. The first kappa shape index (κ1) is 20.4. The minimum atomic E-state index is -3.74. The minimum absolute atomic E-state index is 0.0558. The van der Waals surface area contributed by atoms with Crippen LogP contribution < -0.4 is 4.72 Å². The monoisotopic (exact) mass is 440 g/mol. The molecule has 1 aliphatic rings. The third-order valence-corrected chi connectivity index (χ3v) is 6.89. The summed E-state index contributed by atoms with van der Waals surface area (Å²) < 4.78 is 27.8. The predicted molar refractivity (Wildman–Crippen MR) is 118 cm³/mol. The molecule has 4 rings (SSSR count). The molecule has 0 bridgehead atoms. The van der Waals surface area contributed by atoms with E-state index in [1.54, 1.807) is 25.1 Å². The molecule has 154 valence electrons. The van der Waals surface area contributed by atoms with Crippen molar-refractivity contribution in [1.82, 2.24) is 4.90 Å². The highest BCUT2D eigenvalue weighted by molar-refractivity contribution is 7.92. The van der Waals surface area contributed by atoms with Crippen molar-refractivity contribution in [2.75, 3.05) is 11.3 Å². The first-order valence-electron chi connectivity index (χ1n) is 9.58. The molecule has 0 radical (unpaired) electrons. The summed E-state index contributed by atoms with van der Waals surface area (Å²) in [4.78, 5) is 14.9. The normalized spacial score (nSPS) is 13.6. The van der Waals surface area contributed by atoms with Crippen LogP contribution in [0.15, 0.2) is 71.6 Å². The molecule has 0 saturated heterocycles. The van der Waals surface area contributed by atoms with Crippen LogP contribution in [0.5, 0.6) is 0 Å². The van der Waals surface area contributed by atoms with Gasteiger partial charge in [-0.1, -0.05) is 35.9 Å². The van der Waals surface area contributed by atoms with E-state index in [4.69, 9.17) is 11.6 Å². The number of amides is 1. The summed E-state index contributed by atoms with van der Waals surface area (Å²) in [6, 6.07) is 19.1. The highest BCUT2D eigenvalue weighted by Gasteiger charge is 2.22. The van der Waals surface area contributed by atoms with E-state index in [1.807, 2.05) is 17.0 Å². The van der Waals surface area contributed by atoms with Gasteiger partial charge in [-0.2, -0.15) is 0 Å². The average Bonchev–Trinajstić information content (AvgIpc) is 2.74. The lowest BCUT2D eigenvalue weighted by molar-refractivity contribution is 0.0734. The van der Waals surface area contributed by atoms with E-state index in [0.717, 1.165) is 6.42 Å². The van der Waals surface area contributed by atoms with Crippen molar-refractivity contribution in [2.24, 2.45) is 0 Å². The van der Waals surface area contributed by atoms with Crippen molar-refractivity contribution < 1.29 is 13.2 Å². The van der Waals surface area contributed by atoms with Crippen LogP contribution >= 0.6 is 11.6 Å². The highest BCUT2D eigenvalue weighted by atomic mass is 35.5. The zero-order chi connectivity index (χ0) is 21.3. The van der Waals surface area contributed by atoms with Crippen LogP contribution in [-0.2, 0) is 23.0 Å². The smallest absolute Gasteiger partial charge is 0.261 e. The van der Waals surface area contributed by atoms with E-state index in [1.165, 1.54) is 35.4 Å². The molecule has 0 spiro atoms. The average molecular weight is 441 g/mol. The number of rotatable bonds is 4. The van der Waals surface area contributed by atoms with Crippen molar-refractivity contribution in [1.29, 1.82) is 0 Å². The van der Waals surface area contributed by atoms with Crippen molar-refractivity contribution in [3.63, 3.8) is 0 Å². The maximum atomic E-state index is 13.0. The van der Waals surface area contributed by atoms with E-state index in [9.17, 15) is 13.2 Å². The molecule has 1 heterocycles. The molecule has 30 heavy (non-hydrogen) atoms. The number of nitrogens with zero attached hydrogens (tertiary/aromatic N) is 1. The molecule has 0 unspecified atom stereocenters. The number of fused-ring (bicyclic) bond motifs is 1. The maximum absolute atomic E-state index is 13.0. The molecular formula is C23H21ClN2O3S. The largest absolute Gasteiger partial charge is 0.334 e. The Hall–Kier alpha value is -2.83. The number of carbonyl (C=O) groups excluding carboxylic acids is 1. The van der Waals surface area contributed by atoms with E-state index in [2.05, 4.69) is 16.9 Å². The SMILES string of the molecule is Cc1cc(C(=O)N2CCc3ccccc3C2)ccc1NS(=O)(=O)c1ccc(Cl)cc1. The molecule has 1 aliphatic heterocycles. The predicted octanol–water partition coefficient (Wildman–Crippen LogP) is 4.65. The summed E-state index contributed by atoms with van der Waals surface area (Å²) in [5, 5.41) is 0.466. The van der Waals surface area contributed by atoms with Crippen LogP contribution in [0, 0.1) is 6.92 Å². The number of hydrogen-bond acceptors (Lipinski definition) is 3. The standard InChI is InChI=1S/C23H21ClN2O3S/c1-16-14-18(23(27)26-13-12-17-4-2-3-5-19(17)15-26)6-11-22(16)25-30(28,29)21-9-7-20(24)8-10-21/h2-11,14,25H,12-13,15H2,1H3. The number of aryl methyl sites for hydroxylation is 1. The van der Waals surface area contributed by atoms with E-state index in [0.29, 0.717) is 34.9 Å². The lowest BCUT2D eigenvalue weighted by Gasteiger charge is -2.29. The molecule has 0 atom stereocenters. The van der Waals surface area contributed by atoms with Crippen LogP contribution in [0.2, 0.25) is 5.02 Å². The Morgan fingerprint density at radius 3 is 2.40 bits per heavy atom. The quantitative estimate of drug-likeness (QED) is 0.642. The van der Waals surface area contributed by atoms with Gasteiger partial charge in [-0.05, 0) is 72.5 Å². The van der Waals surface area contributed by atoms with Crippen molar-refractivity contribution >= 4 is 33.2 Å². The summed E-state index contributed by atoms with van der Waals surface area (Å²) in [6.45, 7) is 3.03. The second-order valence-electron chi connectivity index (χ2n) is 7.33. The van der Waals surface area contributed by atoms with E-state index >= 15 is 0 Å². The molecule has 0 aromatic heterocycles. The molecule has 7 heteroatoms. The molecule has 1 amide bonds. The lowest BCUT2D eigenvalue weighted by Crippen LogP contribution is -2.36. The van der Waals surface area contributed by atoms with Crippen molar-refractivity contribution in [3.05, 3.63) is 94.0 Å². The number of hydrogen-bond donors (Lipinski definition) is 1. The molecule has 0 fully saturated rings. The number of carbonyl (C=O) groups is 1. The topological polar surface area (TPSA) is 66.5 Å². The van der Waals surface area contributed by atoms with Gasteiger partial charge in [0.1, 0.15) is 0 Å². The molecular weight excluding hydrogens is 420 g/mol. The Morgan fingerprint density at radius 2 is 1.70 bits per heavy atom. The zero-order valence-corrected chi connectivity index (χ0v) is 18.0. The summed E-state index contributed by atoms with van der Waals surface area (Å²) in [7, 11) is -3.74. The van der Waals surface area contributed by atoms with Gasteiger partial charge in [0.2, 0.25) is 0 Å². The Balaban J connectivity index is 1.52. The van der Waals surface area contributed by atoms with Crippen molar-refractivity contribution in [2.45, 2.75) is 24.8 Å². The van der Waals surface area contributed by atoms with Gasteiger partial charge in [0.15, 0.2) is 0 Å². The lowest BCUT2D eigenvalue weighted by atomic mass is 9.99. The number of halogens is 1. The summed E-state index contributed by atoms with van der Waals surface area (Å²) in [5.41, 5.74) is 4.11. The summed E-state index contributed by atoms with van der Waals surface area (Å²) >= 11 is 5.84. The second-order valence-corrected chi connectivity index (χ2v) is 9.45. The zero-order valence-electron chi connectivity index (χ0n) is 16.4. The van der Waals surface area contributed by atoms with Gasteiger partial charge >= 0.3 is 0 Å². The second kappa shape index (κ2) is 8.13. The molecule has 0 saturated carbocycles. The number of sulfonamides is 1. The fraction of sp³-hybridized carbons (Fsp3) is 0.174. The van der Waals surface area contributed by atoms with Crippen LogP contribution in [-0.4, -0.2) is 25.8 Å². The van der Waals surface area contributed by atoms with E-state index < -0.39 is 10.0 Å². The van der Waals surface area contributed by atoms with Gasteiger partial charge in [0.05, 0.1) is 10.6 Å². The molecule has 3 aromatic rings. The Kier molecular flexibility index (Phi) is 5.54. The summed E-state index contributed by atoms with van der Waals surface area (Å²) in [5.74, 6) is -0.0558. The van der Waals surface area contributed by atoms with Gasteiger partial charge in [0.25, 0.3) is 15.9 Å².